The van der Waals surface area contributed by atoms with Gasteiger partial charge in [-0.1, -0.05) is 23.4 Å². The topological polar surface area (TPSA) is 80.2 Å². The third-order valence-electron chi connectivity index (χ3n) is 4.88. The molecule has 0 bridgehead atoms. The molecule has 2 aromatic rings. The van der Waals surface area contributed by atoms with Gasteiger partial charge in [0.05, 0.1) is 30.5 Å². The molecule has 2 amide bonds. The van der Waals surface area contributed by atoms with E-state index in [1.807, 2.05) is 0 Å². The fourth-order valence-corrected chi connectivity index (χ4v) is 4.55. The van der Waals surface area contributed by atoms with Crippen LogP contribution in [0, 0.1) is 0 Å². The summed E-state index contributed by atoms with van der Waals surface area (Å²) in [6.45, 7) is 2.08. The lowest BCUT2D eigenvalue weighted by Crippen LogP contribution is -2.33. The average molecular weight is 516 g/mol. The van der Waals surface area contributed by atoms with Crippen LogP contribution in [-0.4, -0.2) is 47.9 Å². The van der Waals surface area contributed by atoms with Gasteiger partial charge in [0.1, 0.15) is 22.4 Å². The van der Waals surface area contributed by atoms with Gasteiger partial charge in [0.15, 0.2) is 5.17 Å². The van der Waals surface area contributed by atoms with Gasteiger partial charge in [0, 0.05) is 19.0 Å². The number of nitrogens with one attached hydrogen (secondary N) is 1. The van der Waals surface area contributed by atoms with E-state index in [1.165, 1.54) is 19.1 Å². The molecule has 0 aliphatic carbocycles. The van der Waals surface area contributed by atoms with E-state index in [9.17, 15) is 22.8 Å². The number of nitrogens with zero attached hydrogens (tertiary/aromatic N) is 2. The molecule has 1 aliphatic rings. The molecule has 0 aromatic heterocycles. The number of hydrogen-bond acceptors (Lipinski definition) is 6. The van der Waals surface area contributed by atoms with Crippen molar-refractivity contribution >= 4 is 51.7 Å². The standard InChI is InChI=1S/C22H21ClF3N3O4S/c1-4-29-20(31)18(34-21(29)28-16-10-13(32-2)6-8-17(16)33-3)11-19(30)27-15-9-12(22(24,25)26)5-7-14(15)23/h5-10,18H,4,11H2,1-3H3,(H,27,30). The van der Waals surface area contributed by atoms with E-state index < -0.39 is 22.9 Å². The first-order chi connectivity index (χ1) is 16.1. The van der Waals surface area contributed by atoms with Crippen LogP contribution in [0.3, 0.4) is 0 Å². The summed E-state index contributed by atoms with van der Waals surface area (Å²) in [5.41, 5.74) is -0.687. The molecule has 1 N–H and O–H groups in total. The highest BCUT2D eigenvalue weighted by atomic mass is 35.5. The number of hydrogen-bond donors (Lipinski definition) is 1. The van der Waals surface area contributed by atoms with Gasteiger partial charge in [-0.05, 0) is 37.3 Å². The summed E-state index contributed by atoms with van der Waals surface area (Å²) in [5, 5.41) is 1.89. The average Bonchev–Trinajstić information content (AvgIpc) is 3.07. The largest absolute Gasteiger partial charge is 0.497 e. The number of ether oxygens (including phenoxy) is 2. The number of alkyl halides is 3. The van der Waals surface area contributed by atoms with Crippen molar-refractivity contribution in [2.75, 3.05) is 26.1 Å². The van der Waals surface area contributed by atoms with E-state index in [2.05, 4.69) is 10.3 Å². The summed E-state index contributed by atoms with van der Waals surface area (Å²) in [6, 6.07) is 7.67. The Morgan fingerprint density at radius 3 is 2.56 bits per heavy atom. The number of benzene rings is 2. The van der Waals surface area contributed by atoms with Gasteiger partial charge in [-0.2, -0.15) is 13.2 Å². The quantitative estimate of drug-likeness (QED) is 0.537. The molecule has 3 rings (SSSR count). The lowest BCUT2D eigenvalue weighted by Gasteiger charge is -2.14. The second-order valence-electron chi connectivity index (χ2n) is 7.07. The lowest BCUT2D eigenvalue weighted by molar-refractivity contribution is -0.137. The van der Waals surface area contributed by atoms with Crippen LogP contribution in [0.15, 0.2) is 41.4 Å². The maximum atomic E-state index is 13.0. The summed E-state index contributed by atoms with van der Waals surface area (Å²) in [4.78, 5) is 31.4. The minimum absolute atomic E-state index is 0.0469. The highest BCUT2D eigenvalue weighted by molar-refractivity contribution is 8.15. The first-order valence-electron chi connectivity index (χ1n) is 10.0. The van der Waals surface area contributed by atoms with Crippen LogP contribution in [0.2, 0.25) is 5.02 Å². The summed E-state index contributed by atoms with van der Waals surface area (Å²) >= 11 is 7.03. The van der Waals surface area contributed by atoms with E-state index in [4.69, 9.17) is 21.1 Å². The zero-order chi connectivity index (χ0) is 25.0. The predicted octanol–water partition coefficient (Wildman–Crippen LogP) is 5.36. The van der Waals surface area contributed by atoms with Gasteiger partial charge in [0.25, 0.3) is 0 Å². The van der Waals surface area contributed by atoms with Crippen LogP contribution in [0.5, 0.6) is 11.5 Å². The van der Waals surface area contributed by atoms with Crippen molar-refractivity contribution in [1.29, 1.82) is 0 Å². The van der Waals surface area contributed by atoms with Crippen LogP contribution in [0.25, 0.3) is 0 Å². The molecule has 1 fully saturated rings. The van der Waals surface area contributed by atoms with E-state index in [-0.39, 0.29) is 23.0 Å². The highest BCUT2D eigenvalue weighted by Gasteiger charge is 2.39. The highest BCUT2D eigenvalue weighted by Crippen LogP contribution is 2.37. The Bertz CT molecular complexity index is 1130. The van der Waals surface area contributed by atoms with Crippen molar-refractivity contribution in [2.24, 2.45) is 4.99 Å². The molecule has 34 heavy (non-hydrogen) atoms. The van der Waals surface area contributed by atoms with Gasteiger partial charge in [0.2, 0.25) is 11.8 Å². The first kappa shape index (κ1) is 25.7. The number of anilines is 1. The normalized spacial score (nSPS) is 17.3. The Morgan fingerprint density at radius 1 is 1.21 bits per heavy atom. The summed E-state index contributed by atoms with van der Waals surface area (Å²) < 4.78 is 49.5. The van der Waals surface area contributed by atoms with Crippen LogP contribution < -0.4 is 14.8 Å². The summed E-state index contributed by atoms with van der Waals surface area (Å²) in [5.74, 6) is 0.0333. The second kappa shape index (κ2) is 10.6. The Labute approximate surface area is 203 Å². The Balaban J connectivity index is 1.79. The molecule has 0 spiro atoms. The number of methoxy groups -OCH3 is 2. The third kappa shape index (κ3) is 5.76. The SMILES string of the molecule is CCN1C(=O)C(CC(=O)Nc2cc(C(F)(F)F)ccc2Cl)SC1=Nc1cc(OC)ccc1OC. The zero-order valence-electron chi connectivity index (χ0n) is 18.4. The van der Waals surface area contributed by atoms with Crippen molar-refractivity contribution in [3.05, 3.63) is 47.0 Å². The smallest absolute Gasteiger partial charge is 0.416 e. The monoisotopic (exact) mass is 515 g/mol. The molecule has 1 heterocycles. The van der Waals surface area contributed by atoms with Gasteiger partial charge in [-0.25, -0.2) is 4.99 Å². The minimum atomic E-state index is -4.59. The van der Waals surface area contributed by atoms with Crippen molar-refractivity contribution in [3.8, 4) is 11.5 Å². The minimum Gasteiger partial charge on any atom is -0.497 e. The van der Waals surface area contributed by atoms with Crippen molar-refractivity contribution in [1.82, 2.24) is 4.90 Å². The number of rotatable bonds is 7. The first-order valence-corrected chi connectivity index (χ1v) is 11.3. The van der Waals surface area contributed by atoms with Gasteiger partial charge in [-0.15, -0.1) is 0 Å². The molecule has 0 radical (unpaired) electrons. The Hall–Kier alpha value is -2.92. The van der Waals surface area contributed by atoms with E-state index >= 15 is 0 Å². The molecule has 1 saturated heterocycles. The molecule has 1 atom stereocenters. The van der Waals surface area contributed by atoms with Gasteiger partial charge < -0.3 is 14.8 Å². The number of amidine groups is 1. The maximum Gasteiger partial charge on any atom is 0.416 e. The van der Waals surface area contributed by atoms with Crippen molar-refractivity contribution in [2.45, 2.75) is 24.8 Å². The molecule has 1 aliphatic heterocycles. The third-order valence-corrected chi connectivity index (χ3v) is 6.38. The number of carbonyl (C=O) groups excluding carboxylic acids is 2. The number of carbonyl (C=O) groups is 2. The molecule has 1 unspecified atom stereocenters. The number of amides is 2. The van der Waals surface area contributed by atoms with E-state index in [1.54, 1.807) is 25.1 Å². The Kier molecular flexibility index (Phi) is 7.98. The fourth-order valence-electron chi connectivity index (χ4n) is 3.17. The number of thioether (sulfide) groups is 1. The van der Waals surface area contributed by atoms with Crippen LogP contribution in [0.4, 0.5) is 24.5 Å². The van der Waals surface area contributed by atoms with Gasteiger partial charge in [-0.3, -0.25) is 14.5 Å². The van der Waals surface area contributed by atoms with Crippen molar-refractivity contribution in [3.63, 3.8) is 0 Å². The van der Waals surface area contributed by atoms with Crippen LogP contribution >= 0.6 is 23.4 Å². The zero-order valence-corrected chi connectivity index (χ0v) is 20.0. The fraction of sp³-hybridized carbons (Fsp3) is 0.318. The molecule has 0 saturated carbocycles. The summed E-state index contributed by atoms with van der Waals surface area (Å²) in [6.07, 6.45) is -4.86. The van der Waals surface area contributed by atoms with Crippen LogP contribution in [-0.2, 0) is 15.8 Å². The molecule has 2 aromatic carbocycles. The molecule has 182 valence electrons. The Morgan fingerprint density at radius 2 is 1.94 bits per heavy atom. The molecule has 7 nitrogen and oxygen atoms in total. The summed E-state index contributed by atoms with van der Waals surface area (Å²) in [7, 11) is 3.00. The number of aliphatic imine (C=N–C) groups is 1. The maximum absolute atomic E-state index is 13.0. The molecular weight excluding hydrogens is 495 g/mol. The molecular formula is C22H21ClF3N3O4S. The van der Waals surface area contributed by atoms with Gasteiger partial charge >= 0.3 is 6.18 Å². The van der Waals surface area contributed by atoms with Crippen LogP contribution in [0.1, 0.15) is 18.9 Å². The predicted molar refractivity (Wildman–Crippen MR) is 125 cm³/mol. The second-order valence-corrected chi connectivity index (χ2v) is 8.64. The molecule has 12 heteroatoms. The van der Waals surface area contributed by atoms with E-state index in [0.717, 1.165) is 30.0 Å². The lowest BCUT2D eigenvalue weighted by atomic mass is 10.2. The number of halogens is 4. The van der Waals surface area contributed by atoms with Crippen molar-refractivity contribution < 1.29 is 32.2 Å². The van der Waals surface area contributed by atoms with E-state index in [0.29, 0.717) is 28.9 Å².